The zero-order valence-electron chi connectivity index (χ0n) is 66.2. The van der Waals surface area contributed by atoms with Gasteiger partial charge in [0.2, 0.25) is 5.91 Å². The summed E-state index contributed by atoms with van der Waals surface area (Å²) in [6.45, 7) is 1.64. The van der Waals surface area contributed by atoms with Crippen LogP contribution in [0.15, 0.2) is 85.1 Å². The highest BCUT2D eigenvalue weighted by Crippen LogP contribution is 2.33. The molecule has 3 fully saturated rings. The summed E-state index contributed by atoms with van der Waals surface area (Å²) in [5.41, 5.74) is 0. The molecule has 0 radical (unpaired) electrons. The minimum Gasteiger partial charge on any atom is -0.394 e. The van der Waals surface area contributed by atoms with Gasteiger partial charge in [-0.3, -0.25) is 4.79 Å². The van der Waals surface area contributed by atoms with Crippen LogP contribution in [0.25, 0.3) is 0 Å². The van der Waals surface area contributed by atoms with Crippen molar-refractivity contribution in [2.24, 2.45) is 0 Å². The molecule has 3 aliphatic rings. The highest BCUT2D eigenvalue weighted by atomic mass is 16.8. The lowest BCUT2D eigenvalue weighted by atomic mass is 9.96. The SMILES string of the molecule is CC/C=C\C/C=C\C/C=C\C/C=C\C/C=C\CCCCCCCCCCCCCCCC(=O)NC(COC1OC(CO)C(OC2OC(CO)C(OC3OC(CO)C(O)C(O)C3O)C(O)C2O)C(O)C1O)C(O)/C=C/CC/C=C/CCCCCCCCCCCCCCCCCCCCCCCCCCCC. The second-order valence-corrected chi connectivity index (χ2v) is 30.3. The molecule has 19 nitrogen and oxygen atoms in total. The number of unbranched alkanes of at least 4 members (excludes halogenated alkanes) is 40. The summed E-state index contributed by atoms with van der Waals surface area (Å²) in [5.74, 6) is -0.286. The van der Waals surface area contributed by atoms with Crippen molar-refractivity contribution < 1.29 is 89.4 Å². The molecule has 0 aromatic rings. The molecule has 17 atom stereocenters. The Labute approximate surface area is 641 Å². The Morgan fingerprint density at radius 2 is 0.660 bits per heavy atom. The van der Waals surface area contributed by atoms with Crippen LogP contribution in [0, 0.1) is 0 Å². The van der Waals surface area contributed by atoms with Gasteiger partial charge < -0.3 is 89.9 Å². The molecule has 1 amide bonds. The molecular weight excluding hydrogens is 1350 g/mol. The van der Waals surface area contributed by atoms with Crippen molar-refractivity contribution in [1.82, 2.24) is 5.32 Å². The molecule has 0 aliphatic carbocycles. The van der Waals surface area contributed by atoms with Gasteiger partial charge in [0.25, 0.3) is 0 Å². The fraction of sp³-hybridized carbons (Fsp3) is 0.828. The fourth-order valence-corrected chi connectivity index (χ4v) is 14.1. The molecule has 3 saturated heterocycles. The molecule has 0 spiro atoms. The third-order valence-corrected chi connectivity index (χ3v) is 20.9. The van der Waals surface area contributed by atoms with Crippen LogP contribution in [0.2, 0.25) is 0 Å². The lowest BCUT2D eigenvalue weighted by Gasteiger charge is -2.48. The van der Waals surface area contributed by atoms with E-state index in [9.17, 15) is 61.0 Å². The van der Waals surface area contributed by atoms with Gasteiger partial charge in [0.05, 0.1) is 38.6 Å². The Balaban J connectivity index is 1.36. The molecule has 0 aromatic carbocycles. The van der Waals surface area contributed by atoms with Crippen molar-refractivity contribution in [3.63, 3.8) is 0 Å². The Hall–Kier alpha value is -3.03. The van der Waals surface area contributed by atoms with E-state index in [1.165, 1.54) is 212 Å². The predicted molar refractivity (Wildman–Crippen MR) is 424 cm³/mol. The number of hydrogen-bond acceptors (Lipinski definition) is 18. The van der Waals surface area contributed by atoms with Gasteiger partial charge in [-0.25, -0.2) is 0 Å². The topological polar surface area (TPSA) is 307 Å². The van der Waals surface area contributed by atoms with Gasteiger partial charge in [0.1, 0.15) is 73.2 Å². The zero-order valence-corrected chi connectivity index (χ0v) is 66.2. The van der Waals surface area contributed by atoms with Gasteiger partial charge in [0, 0.05) is 6.42 Å². The number of amides is 1. The number of carbonyl (C=O) groups excluding carboxylic acids is 1. The second kappa shape index (κ2) is 66.6. The zero-order chi connectivity index (χ0) is 76.7. The van der Waals surface area contributed by atoms with Gasteiger partial charge in [0.15, 0.2) is 18.9 Å². The third kappa shape index (κ3) is 45.5. The van der Waals surface area contributed by atoms with Gasteiger partial charge >= 0.3 is 0 Å². The van der Waals surface area contributed by atoms with E-state index in [0.717, 1.165) is 83.5 Å². The summed E-state index contributed by atoms with van der Waals surface area (Å²) in [5, 5.41) is 121. The fourth-order valence-electron chi connectivity index (χ4n) is 14.1. The number of carbonyl (C=O) groups is 1. The smallest absolute Gasteiger partial charge is 0.220 e. The van der Waals surface area contributed by atoms with Gasteiger partial charge in [-0.2, -0.15) is 0 Å². The quantitative estimate of drug-likeness (QED) is 0.0199. The minimum atomic E-state index is -1.99. The lowest BCUT2D eigenvalue weighted by molar-refractivity contribution is -0.379. The number of ether oxygens (including phenoxy) is 6. The Morgan fingerprint density at radius 1 is 0.349 bits per heavy atom. The monoisotopic (exact) mass is 1500 g/mol. The van der Waals surface area contributed by atoms with Crippen LogP contribution in [0.4, 0.5) is 0 Å². The Kier molecular flexibility index (Phi) is 61.0. The van der Waals surface area contributed by atoms with E-state index < -0.39 is 124 Å². The van der Waals surface area contributed by atoms with Crippen LogP contribution < -0.4 is 5.32 Å². The van der Waals surface area contributed by atoms with Crippen molar-refractivity contribution in [1.29, 1.82) is 0 Å². The molecule has 3 rings (SSSR count). The molecule has 17 unspecified atom stereocenters. The maximum absolute atomic E-state index is 13.5. The van der Waals surface area contributed by atoms with Crippen LogP contribution in [-0.4, -0.2) is 193 Å². The minimum absolute atomic E-state index is 0.230. The van der Waals surface area contributed by atoms with Crippen molar-refractivity contribution >= 4 is 5.91 Å². The first kappa shape index (κ1) is 97.2. The first-order valence-corrected chi connectivity index (χ1v) is 42.8. The van der Waals surface area contributed by atoms with E-state index in [4.69, 9.17) is 28.4 Å². The van der Waals surface area contributed by atoms with Gasteiger partial charge in [-0.15, -0.1) is 0 Å². The van der Waals surface area contributed by atoms with Gasteiger partial charge in [-0.1, -0.05) is 330 Å². The van der Waals surface area contributed by atoms with Crippen LogP contribution in [0.3, 0.4) is 0 Å². The van der Waals surface area contributed by atoms with Crippen molar-refractivity contribution in [3.05, 3.63) is 85.1 Å². The molecule has 3 heterocycles. The summed E-state index contributed by atoms with van der Waals surface area (Å²) in [4.78, 5) is 13.5. The maximum Gasteiger partial charge on any atom is 0.220 e. The van der Waals surface area contributed by atoms with E-state index in [1.807, 2.05) is 6.08 Å². The first-order valence-electron chi connectivity index (χ1n) is 42.8. The number of aliphatic hydroxyl groups is 11. The molecule has 0 saturated carbocycles. The standard InChI is InChI=1S/C87H155NO18/c1-3-5-7-9-11-13-15-17-19-21-23-25-27-29-31-33-34-35-37-38-40-42-44-46-48-50-52-54-56-58-60-62-64-71(92)70(88-75(93)65-63-61-59-57-55-53-51-49-47-45-43-41-39-36-32-30-28-26-24-22-20-18-16-14-12-10-8-6-4-2)69-101-85-81(99)78(96)83(73(67-90)103-85)106-87-82(100)79(97)84(74(68-91)104-87)105-86-80(98)77(95)76(94)72(66-89)102-86/h6,8,12,14,18,20,24,26,30,32,54,56,62,64,70-74,76-87,89-92,94-100H,3-5,7,9-11,13,15-17,19,21-23,25,27-29,31,33-53,55,57-61,63,65-69H2,1-2H3,(H,88,93)/b8-6-,14-12-,20-18-,26-24-,32-30-,56-54+,64-62+. The first-order chi connectivity index (χ1) is 51.8. The number of hydrogen-bond donors (Lipinski definition) is 12. The maximum atomic E-state index is 13.5. The van der Waals surface area contributed by atoms with E-state index in [2.05, 4.69) is 92.1 Å². The van der Waals surface area contributed by atoms with E-state index in [-0.39, 0.29) is 18.9 Å². The summed E-state index contributed by atoms with van der Waals surface area (Å²) in [6.07, 6.45) is 63.0. The van der Waals surface area contributed by atoms with E-state index in [1.54, 1.807) is 6.08 Å². The predicted octanol–water partition coefficient (Wildman–Crippen LogP) is 15.3. The molecule has 12 N–H and O–H groups in total. The summed E-state index contributed by atoms with van der Waals surface area (Å²) in [6, 6.07) is -0.998. The van der Waals surface area contributed by atoms with Crippen LogP contribution in [-0.2, 0) is 33.2 Å². The highest BCUT2D eigenvalue weighted by Gasteiger charge is 2.54. The molecular formula is C87H155NO18. The summed E-state index contributed by atoms with van der Waals surface area (Å²) < 4.78 is 34.5. The Morgan fingerprint density at radius 3 is 1.06 bits per heavy atom. The Bertz CT molecular complexity index is 2240. The molecule has 0 aromatic heterocycles. The van der Waals surface area contributed by atoms with Crippen LogP contribution in [0.5, 0.6) is 0 Å². The number of aliphatic hydroxyl groups excluding tert-OH is 11. The molecule has 19 heteroatoms. The van der Waals surface area contributed by atoms with Gasteiger partial charge in [-0.05, 0) is 77.0 Å². The number of rotatable bonds is 68. The molecule has 0 bridgehead atoms. The second-order valence-electron chi connectivity index (χ2n) is 30.3. The summed E-state index contributed by atoms with van der Waals surface area (Å²) in [7, 11) is 0. The van der Waals surface area contributed by atoms with Crippen molar-refractivity contribution in [2.75, 3.05) is 26.4 Å². The van der Waals surface area contributed by atoms with Crippen molar-refractivity contribution in [3.8, 4) is 0 Å². The lowest BCUT2D eigenvalue weighted by Crippen LogP contribution is -2.66. The van der Waals surface area contributed by atoms with E-state index in [0.29, 0.717) is 12.8 Å². The summed E-state index contributed by atoms with van der Waals surface area (Å²) >= 11 is 0. The van der Waals surface area contributed by atoms with Crippen molar-refractivity contribution in [2.45, 2.75) is 433 Å². The molecule has 616 valence electrons. The third-order valence-electron chi connectivity index (χ3n) is 20.9. The number of allylic oxidation sites excluding steroid dienone is 13. The number of nitrogens with one attached hydrogen (secondary N) is 1. The largest absolute Gasteiger partial charge is 0.394 e. The normalized spacial score (nSPS) is 26.1. The average molecular weight is 1500 g/mol. The molecule has 106 heavy (non-hydrogen) atoms. The van der Waals surface area contributed by atoms with Crippen LogP contribution >= 0.6 is 0 Å². The average Bonchev–Trinajstić information content (AvgIpc) is 0.781. The van der Waals surface area contributed by atoms with Crippen LogP contribution in [0.1, 0.15) is 328 Å². The highest BCUT2D eigenvalue weighted by molar-refractivity contribution is 5.76. The molecule has 3 aliphatic heterocycles. The van der Waals surface area contributed by atoms with E-state index >= 15 is 0 Å².